The molecule has 16 heteroatoms. The van der Waals surface area contributed by atoms with Gasteiger partial charge < -0.3 is 9.47 Å². The number of carbonyl (C=O) groups is 2. The second-order valence-electron chi connectivity index (χ2n) is 10.1. The summed E-state index contributed by atoms with van der Waals surface area (Å²) in [7, 11) is 2.59. The van der Waals surface area contributed by atoms with E-state index >= 15 is 0 Å². The lowest BCUT2D eigenvalue weighted by molar-refractivity contribution is -0.383. The molecule has 2 atom stereocenters. The summed E-state index contributed by atoms with van der Waals surface area (Å²) in [5, 5.41) is 31.6. The summed E-state index contributed by atoms with van der Waals surface area (Å²) >= 11 is 6.69. The summed E-state index contributed by atoms with van der Waals surface area (Å²) in [5.41, 5.74) is 2.15. The number of nitrogens with zero attached hydrogens (tertiary/aromatic N) is 6. The van der Waals surface area contributed by atoms with Crippen molar-refractivity contribution in [3.05, 3.63) is 138 Å². The minimum Gasteiger partial charge on any atom is -0.467 e. The number of ether oxygens (including phenoxy) is 2. The zero-order valence-corrected chi connectivity index (χ0v) is 28.3. The van der Waals surface area contributed by atoms with Gasteiger partial charge in [-0.15, -0.1) is 0 Å². The maximum Gasteiger partial charge on any atom is 0.335 e. The zero-order chi connectivity index (χ0) is 34.5. The van der Waals surface area contributed by atoms with Gasteiger partial charge in [-0.3, -0.25) is 24.9 Å². The van der Waals surface area contributed by atoms with Crippen LogP contribution in [0.1, 0.15) is 23.2 Å². The largest absolute Gasteiger partial charge is 0.467 e. The lowest BCUT2D eigenvalue weighted by Gasteiger charge is -2.17. The number of hydrogen-bond acceptors (Lipinski definition) is 10. The third-order valence-corrected chi connectivity index (χ3v) is 8.34. The molecule has 2 aromatic heterocycles. The van der Waals surface area contributed by atoms with Crippen LogP contribution in [0.5, 0.6) is 0 Å². The van der Waals surface area contributed by atoms with E-state index in [1.54, 1.807) is 72.8 Å². The number of benzene rings is 4. The highest BCUT2D eigenvalue weighted by Gasteiger charge is 2.28. The number of esters is 2. The molecule has 6 rings (SSSR count). The highest BCUT2D eigenvalue weighted by Crippen LogP contribution is 2.31. The van der Waals surface area contributed by atoms with Gasteiger partial charge in [0.05, 0.1) is 52.1 Å². The highest BCUT2D eigenvalue weighted by atomic mass is 79.9. The molecule has 2 heterocycles. The average molecular weight is 780 g/mol. The number of aromatic nitrogens is 4. The second-order valence-corrected chi connectivity index (χ2v) is 11.9. The number of hydrogen-bond donors (Lipinski definition) is 0. The summed E-state index contributed by atoms with van der Waals surface area (Å²) in [6.45, 7) is 0. The van der Waals surface area contributed by atoms with E-state index in [-0.39, 0.29) is 11.4 Å². The Morgan fingerprint density at radius 3 is 1.77 bits per heavy atom. The fourth-order valence-corrected chi connectivity index (χ4v) is 5.57. The first-order valence-electron chi connectivity index (χ1n) is 13.9. The minimum absolute atomic E-state index is 0.0572. The van der Waals surface area contributed by atoms with Gasteiger partial charge in [0.2, 0.25) is 0 Å². The monoisotopic (exact) mass is 778 g/mol. The predicted octanol–water partition coefficient (Wildman–Crippen LogP) is 6.94. The summed E-state index contributed by atoms with van der Waals surface area (Å²) in [6, 6.07) is 21.9. The van der Waals surface area contributed by atoms with Crippen molar-refractivity contribution < 1.29 is 28.9 Å². The molecule has 4 aromatic carbocycles. The molecule has 0 aliphatic carbocycles. The Kier molecular flexibility index (Phi) is 10.2. The lowest BCUT2D eigenvalue weighted by Crippen LogP contribution is -2.23. The van der Waals surface area contributed by atoms with Crippen molar-refractivity contribution in [2.45, 2.75) is 12.1 Å². The fourth-order valence-electron chi connectivity index (χ4n) is 5.05. The first kappa shape index (κ1) is 33.9. The fraction of sp³-hybridized carbons (Fsp3) is 0.125. The molecule has 244 valence electrons. The molecule has 0 spiro atoms. The Hall–Kier alpha value is -5.48. The molecule has 6 aromatic rings. The lowest BCUT2D eigenvalue weighted by atomic mass is 10.1. The molecule has 0 saturated heterocycles. The number of carbonyl (C=O) groups excluding carboxylic acids is 2. The molecule has 0 amide bonds. The van der Waals surface area contributed by atoms with E-state index in [1.165, 1.54) is 48.1 Å². The van der Waals surface area contributed by atoms with Gasteiger partial charge in [-0.1, -0.05) is 68.3 Å². The van der Waals surface area contributed by atoms with Crippen LogP contribution in [0.25, 0.3) is 21.8 Å². The van der Waals surface area contributed by atoms with E-state index in [0.29, 0.717) is 32.9 Å². The number of nitro benzene ring substituents is 2. The Labute approximate surface area is 288 Å². The molecule has 0 aliphatic heterocycles. The van der Waals surface area contributed by atoms with Crippen LogP contribution < -0.4 is 0 Å². The molecule has 0 radical (unpaired) electrons. The smallest absolute Gasteiger partial charge is 0.335 e. The van der Waals surface area contributed by atoms with Gasteiger partial charge in [-0.05, 0) is 47.5 Å². The maximum atomic E-state index is 12.3. The van der Waals surface area contributed by atoms with Crippen molar-refractivity contribution in [3.8, 4) is 0 Å². The molecule has 0 aliphatic rings. The van der Waals surface area contributed by atoms with Crippen LogP contribution >= 0.6 is 31.9 Å². The summed E-state index contributed by atoms with van der Waals surface area (Å²) < 4.78 is 14.4. The van der Waals surface area contributed by atoms with Crippen LogP contribution in [0.4, 0.5) is 11.4 Å². The first-order valence-corrected chi connectivity index (χ1v) is 15.5. The SMILES string of the molecule is COC(=O)C(c1ccc(Br)cc1)n1cc2c([N+](=O)[O-])cccc2n1.COC(=O)C(c1ccc(Br)cc1)n1ncc2c([N+](=O)[O-])cccc21. The number of nitro groups is 2. The highest BCUT2D eigenvalue weighted by molar-refractivity contribution is 9.10. The van der Waals surface area contributed by atoms with Crippen LogP contribution in [0.3, 0.4) is 0 Å². The Morgan fingerprint density at radius 1 is 0.729 bits per heavy atom. The van der Waals surface area contributed by atoms with Crippen LogP contribution in [-0.4, -0.2) is 55.6 Å². The number of rotatable bonds is 8. The van der Waals surface area contributed by atoms with Gasteiger partial charge in [0, 0.05) is 27.3 Å². The standard InChI is InChI=1S/2C16H12BrN3O4/c1-24-16(21)15(10-5-7-11(17)8-6-10)19-9-12-13(18-19)3-2-4-14(12)20(22)23;1-24-16(21)15(10-5-7-11(17)8-6-10)19-13-3-2-4-14(20(22)23)12(13)9-18-19/h2*2-9,15H,1H3. The zero-order valence-electron chi connectivity index (χ0n) is 25.1. The maximum absolute atomic E-state index is 12.3. The number of methoxy groups -OCH3 is 2. The Balaban J connectivity index is 0.000000188. The summed E-state index contributed by atoms with van der Waals surface area (Å²) in [6.07, 6.45) is 2.89. The molecule has 0 fully saturated rings. The number of halogens is 2. The summed E-state index contributed by atoms with van der Waals surface area (Å²) in [4.78, 5) is 46.0. The van der Waals surface area contributed by atoms with E-state index in [0.717, 1.165) is 8.95 Å². The molecular weight excluding hydrogens is 756 g/mol. The van der Waals surface area contributed by atoms with E-state index in [2.05, 4.69) is 42.1 Å². The van der Waals surface area contributed by atoms with E-state index in [9.17, 15) is 29.8 Å². The number of fused-ring (bicyclic) bond motifs is 2. The quantitative estimate of drug-likeness (QED) is 0.0894. The predicted molar refractivity (Wildman–Crippen MR) is 181 cm³/mol. The van der Waals surface area contributed by atoms with Crippen LogP contribution in [0, 0.1) is 20.2 Å². The van der Waals surface area contributed by atoms with Gasteiger partial charge in [-0.25, -0.2) is 14.3 Å². The third kappa shape index (κ3) is 6.94. The normalized spacial score (nSPS) is 12.1. The molecule has 0 N–H and O–H groups in total. The van der Waals surface area contributed by atoms with E-state index < -0.39 is 33.9 Å². The van der Waals surface area contributed by atoms with Crippen molar-refractivity contribution in [2.24, 2.45) is 0 Å². The van der Waals surface area contributed by atoms with Crippen LogP contribution in [0.2, 0.25) is 0 Å². The molecule has 48 heavy (non-hydrogen) atoms. The van der Waals surface area contributed by atoms with Gasteiger partial charge >= 0.3 is 11.9 Å². The van der Waals surface area contributed by atoms with Gasteiger partial charge in [-0.2, -0.15) is 10.2 Å². The van der Waals surface area contributed by atoms with Crippen molar-refractivity contribution in [3.63, 3.8) is 0 Å². The van der Waals surface area contributed by atoms with Crippen molar-refractivity contribution in [1.29, 1.82) is 0 Å². The van der Waals surface area contributed by atoms with Crippen molar-refractivity contribution >= 4 is 77.0 Å². The molecule has 0 bridgehead atoms. The van der Waals surface area contributed by atoms with E-state index in [4.69, 9.17) is 9.47 Å². The molecule has 2 unspecified atom stereocenters. The van der Waals surface area contributed by atoms with Gasteiger partial charge in [0.15, 0.2) is 12.1 Å². The number of non-ortho nitro benzene ring substituents is 2. The van der Waals surface area contributed by atoms with Gasteiger partial charge in [0.25, 0.3) is 11.4 Å². The van der Waals surface area contributed by atoms with Crippen LogP contribution in [0.15, 0.2) is 106 Å². The minimum atomic E-state index is -0.831. The topological polar surface area (TPSA) is 175 Å². The molecule has 0 saturated carbocycles. The second kappa shape index (κ2) is 14.5. The third-order valence-electron chi connectivity index (χ3n) is 7.29. The summed E-state index contributed by atoms with van der Waals surface area (Å²) in [5.74, 6) is -1.01. The molecule has 14 nitrogen and oxygen atoms in total. The van der Waals surface area contributed by atoms with E-state index in [1.807, 2.05) is 0 Å². The van der Waals surface area contributed by atoms with Gasteiger partial charge in [0.1, 0.15) is 0 Å². The van der Waals surface area contributed by atoms with Crippen LogP contribution in [-0.2, 0) is 19.1 Å². The van der Waals surface area contributed by atoms with Crippen molar-refractivity contribution in [2.75, 3.05) is 14.2 Å². The Bertz CT molecular complexity index is 2120. The average Bonchev–Trinajstić information content (AvgIpc) is 3.71. The van der Waals surface area contributed by atoms with Crippen molar-refractivity contribution in [1.82, 2.24) is 19.6 Å². The first-order chi connectivity index (χ1) is 23.0. The Morgan fingerprint density at radius 2 is 1.23 bits per heavy atom. The molecular formula is C32H24Br2N6O8.